The van der Waals surface area contributed by atoms with Crippen LogP contribution in [0.25, 0.3) is 0 Å². The third kappa shape index (κ3) is 11.7. The number of amides is 2. The Morgan fingerprint density at radius 2 is 1.43 bits per heavy atom. The highest BCUT2D eigenvalue weighted by Gasteiger charge is 2.20. The van der Waals surface area contributed by atoms with Crippen molar-refractivity contribution in [2.45, 2.75) is 52.7 Å². The van der Waals surface area contributed by atoms with Gasteiger partial charge in [-0.2, -0.15) is 0 Å². The number of nitrogens with one attached hydrogen (secondary N) is 1. The second-order valence-corrected chi connectivity index (χ2v) is 8.71. The molecule has 0 aliphatic rings. The summed E-state index contributed by atoms with van der Waals surface area (Å²) in [6, 6.07) is 4.95. The third-order valence-corrected chi connectivity index (χ3v) is 3.13. The molecular weight excluding hydrogens is 407 g/mol. The summed E-state index contributed by atoms with van der Waals surface area (Å²) in [5.41, 5.74) is 2.34. The van der Waals surface area contributed by atoms with E-state index < -0.39 is 23.4 Å². The molecular formula is C18H30Cl2N4O4. The fraction of sp³-hybridized carbons (Fsp3) is 0.556. The first-order valence-corrected chi connectivity index (χ1v) is 9.17. The summed E-state index contributed by atoms with van der Waals surface area (Å²) in [5, 5.41) is 3.11. The summed E-state index contributed by atoms with van der Waals surface area (Å²) in [4.78, 5) is 22.5. The molecule has 0 spiro atoms. The van der Waals surface area contributed by atoms with E-state index in [0.717, 1.165) is 5.01 Å². The SMILES string of the molecule is CN(N)C(=O)OC(C)(C)C.CN(Nc1cc(Cl)ccc1Cl)C(=O)OC(C)(C)C. The molecule has 0 aliphatic heterocycles. The van der Waals surface area contributed by atoms with Crippen LogP contribution < -0.4 is 11.3 Å². The molecule has 2 amide bonds. The lowest BCUT2D eigenvalue weighted by Gasteiger charge is -2.25. The fourth-order valence-corrected chi connectivity index (χ4v) is 1.81. The van der Waals surface area contributed by atoms with E-state index in [1.54, 1.807) is 66.8 Å². The smallest absolute Gasteiger partial charge is 0.428 e. The van der Waals surface area contributed by atoms with Crippen molar-refractivity contribution < 1.29 is 19.1 Å². The molecule has 1 aromatic rings. The number of hydrogen-bond acceptors (Lipinski definition) is 6. The van der Waals surface area contributed by atoms with E-state index in [1.807, 2.05) is 0 Å². The summed E-state index contributed by atoms with van der Waals surface area (Å²) in [6.45, 7) is 10.7. The molecule has 0 fully saturated rings. The molecule has 0 saturated carbocycles. The number of halogens is 2. The van der Waals surface area contributed by atoms with Crippen LogP contribution in [0.5, 0.6) is 0 Å². The number of hydrogen-bond donors (Lipinski definition) is 2. The van der Waals surface area contributed by atoms with E-state index in [-0.39, 0.29) is 0 Å². The molecule has 3 N–H and O–H groups in total. The van der Waals surface area contributed by atoms with Crippen LogP contribution in [0.4, 0.5) is 15.3 Å². The lowest BCUT2D eigenvalue weighted by Crippen LogP contribution is -2.38. The van der Waals surface area contributed by atoms with Gasteiger partial charge in [0.2, 0.25) is 0 Å². The van der Waals surface area contributed by atoms with Crippen molar-refractivity contribution in [1.82, 2.24) is 10.0 Å². The van der Waals surface area contributed by atoms with Crippen LogP contribution in [0.1, 0.15) is 41.5 Å². The molecule has 1 aromatic carbocycles. The monoisotopic (exact) mass is 436 g/mol. The topological polar surface area (TPSA) is 97.1 Å². The first-order chi connectivity index (χ1) is 12.5. The highest BCUT2D eigenvalue weighted by atomic mass is 35.5. The number of carbonyl (C=O) groups is 2. The van der Waals surface area contributed by atoms with Gasteiger partial charge in [-0.25, -0.2) is 25.4 Å². The number of hydrazine groups is 2. The van der Waals surface area contributed by atoms with Crippen LogP contribution in [-0.4, -0.2) is 47.5 Å². The Labute approximate surface area is 176 Å². The number of nitrogens with zero attached hydrogens (tertiary/aromatic N) is 2. The minimum Gasteiger partial charge on any atom is -0.443 e. The summed E-state index contributed by atoms with van der Waals surface area (Å²) >= 11 is 11.8. The van der Waals surface area contributed by atoms with Crippen molar-refractivity contribution in [3.8, 4) is 0 Å². The minimum atomic E-state index is -0.550. The maximum Gasteiger partial charge on any atom is 0.428 e. The molecule has 10 heteroatoms. The van der Waals surface area contributed by atoms with Crippen molar-refractivity contribution in [3.63, 3.8) is 0 Å². The largest absolute Gasteiger partial charge is 0.443 e. The number of rotatable bonds is 2. The molecule has 0 radical (unpaired) electrons. The van der Waals surface area contributed by atoms with Gasteiger partial charge < -0.3 is 9.47 Å². The quantitative estimate of drug-likeness (QED) is 0.388. The van der Waals surface area contributed by atoms with Crippen molar-refractivity contribution >= 4 is 41.1 Å². The van der Waals surface area contributed by atoms with Crippen LogP contribution in [0, 0.1) is 0 Å². The van der Waals surface area contributed by atoms with Crippen molar-refractivity contribution in [2.75, 3.05) is 19.5 Å². The first-order valence-electron chi connectivity index (χ1n) is 8.41. The van der Waals surface area contributed by atoms with Crippen LogP contribution in [0.3, 0.4) is 0 Å². The second kappa shape index (κ2) is 10.6. The zero-order valence-electron chi connectivity index (χ0n) is 17.6. The highest BCUT2D eigenvalue weighted by Crippen LogP contribution is 2.25. The molecule has 0 atom stereocenters. The van der Waals surface area contributed by atoms with Gasteiger partial charge in [0.15, 0.2) is 0 Å². The van der Waals surface area contributed by atoms with Crippen molar-refractivity contribution in [1.29, 1.82) is 0 Å². The Hall–Kier alpha value is -1.90. The van der Waals surface area contributed by atoms with E-state index in [0.29, 0.717) is 15.7 Å². The first kappa shape index (κ1) is 26.1. The van der Waals surface area contributed by atoms with Crippen LogP contribution >= 0.6 is 23.2 Å². The normalized spacial score (nSPS) is 11.0. The molecule has 0 heterocycles. The fourth-order valence-electron chi connectivity index (χ4n) is 1.47. The molecule has 0 bridgehead atoms. The Morgan fingerprint density at radius 1 is 0.964 bits per heavy atom. The standard InChI is InChI=1S/C12H16Cl2N2O2.C6H14N2O2/c1-12(2,3)18-11(17)16(4)15-10-7-8(13)5-6-9(10)14;1-6(2,3)10-5(9)8(4)7/h5-7,15H,1-4H3;7H2,1-4H3. The van der Waals surface area contributed by atoms with Gasteiger partial charge in [0, 0.05) is 19.1 Å². The maximum absolute atomic E-state index is 11.7. The molecule has 0 aliphatic carbocycles. The molecule has 0 aromatic heterocycles. The summed E-state index contributed by atoms with van der Waals surface area (Å²) in [7, 11) is 2.99. The summed E-state index contributed by atoms with van der Waals surface area (Å²) < 4.78 is 10.1. The van der Waals surface area contributed by atoms with Gasteiger partial charge in [-0.3, -0.25) is 5.43 Å². The maximum atomic E-state index is 11.7. The molecule has 1 rings (SSSR count). The Bertz CT molecular complexity index is 671. The van der Waals surface area contributed by atoms with Crippen LogP contribution in [0.15, 0.2) is 18.2 Å². The Kier molecular flexibility index (Phi) is 9.87. The Morgan fingerprint density at radius 3 is 1.82 bits per heavy atom. The van der Waals surface area contributed by atoms with Gasteiger partial charge in [-0.15, -0.1) is 0 Å². The van der Waals surface area contributed by atoms with E-state index in [4.69, 9.17) is 38.5 Å². The minimum absolute atomic E-state index is 0.467. The van der Waals surface area contributed by atoms with E-state index in [2.05, 4.69) is 5.43 Å². The summed E-state index contributed by atoms with van der Waals surface area (Å²) in [6.07, 6.45) is -1.02. The average Bonchev–Trinajstić information content (AvgIpc) is 2.48. The van der Waals surface area contributed by atoms with Crippen molar-refractivity contribution in [3.05, 3.63) is 28.2 Å². The molecule has 160 valence electrons. The van der Waals surface area contributed by atoms with Gasteiger partial charge in [0.1, 0.15) is 11.2 Å². The zero-order valence-corrected chi connectivity index (χ0v) is 19.1. The van der Waals surface area contributed by atoms with Crippen molar-refractivity contribution in [2.24, 2.45) is 5.84 Å². The van der Waals surface area contributed by atoms with Gasteiger partial charge in [0.05, 0.1) is 10.7 Å². The van der Waals surface area contributed by atoms with Gasteiger partial charge in [0.25, 0.3) is 0 Å². The zero-order chi connectivity index (χ0) is 22.3. The third-order valence-electron chi connectivity index (χ3n) is 2.57. The number of carbonyl (C=O) groups excluding carboxylic acids is 2. The van der Waals surface area contributed by atoms with Crippen LogP contribution in [-0.2, 0) is 9.47 Å². The molecule has 8 nitrogen and oxygen atoms in total. The summed E-state index contributed by atoms with van der Waals surface area (Å²) in [5.74, 6) is 5.10. The van der Waals surface area contributed by atoms with E-state index in [1.165, 1.54) is 12.1 Å². The molecule has 0 unspecified atom stereocenters. The molecule has 0 saturated heterocycles. The predicted molar refractivity (Wildman–Crippen MR) is 112 cm³/mol. The van der Waals surface area contributed by atoms with Gasteiger partial charge >= 0.3 is 12.2 Å². The van der Waals surface area contributed by atoms with Gasteiger partial charge in [-0.05, 0) is 59.7 Å². The average molecular weight is 437 g/mol. The van der Waals surface area contributed by atoms with Crippen LogP contribution in [0.2, 0.25) is 10.0 Å². The number of benzene rings is 1. The second-order valence-electron chi connectivity index (χ2n) is 7.87. The number of ether oxygens (including phenoxy) is 2. The lowest BCUT2D eigenvalue weighted by molar-refractivity contribution is 0.0295. The Balaban J connectivity index is 0.000000621. The van der Waals surface area contributed by atoms with E-state index in [9.17, 15) is 9.59 Å². The number of anilines is 1. The molecule has 28 heavy (non-hydrogen) atoms. The predicted octanol–water partition coefficient (Wildman–Crippen LogP) is 4.91. The van der Waals surface area contributed by atoms with Gasteiger partial charge in [-0.1, -0.05) is 23.2 Å². The number of nitrogens with two attached hydrogens (primary N) is 1. The lowest BCUT2D eigenvalue weighted by atomic mass is 10.2. The highest BCUT2D eigenvalue weighted by molar-refractivity contribution is 6.35. The van der Waals surface area contributed by atoms with E-state index >= 15 is 0 Å².